The first kappa shape index (κ1) is 37.4. The molecule has 2 N–H and O–H groups in total. The number of fused-ring (bicyclic) bond motifs is 5. The molecule has 0 heterocycles. The number of halogens is 1. The van der Waals surface area contributed by atoms with Crippen molar-refractivity contribution in [2.75, 3.05) is 6.79 Å². The summed E-state index contributed by atoms with van der Waals surface area (Å²) in [7, 11) is 0. The molecule has 46 heavy (non-hydrogen) atoms. The van der Waals surface area contributed by atoms with Crippen LogP contribution in [0.1, 0.15) is 121 Å². The molecule has 9 heteroatoms. The van der Waals surface area contributed by atoms with Gasteiger partial charge in [0.2, 0.25) is 6.79 Å². The standard InChI is InChI=1S/C37H57IO8/c1-20(2)26(38)12-11-23(32(42)44-19-45-33(43)34(5,6)7)30-25-17-28(41)31-35(8)15-14-27(40)21(3)24(35)13-16-36(31,9)37(25,10)18-29(30)46-22(4)39/h21,24-25,27-29,31,40-41H,11-19H2,1-10H3/t21-,24?,25+,27+,28+,29-,31+,35-,36-,37-/m0/s1. The lowest BCUT2D eigenvalue weighted by atomic mass is 9.36. The van der Waals surface area contributed by atoms with E-state index in [9.17, 15) is 24.6 Å². The van der Waals surface area contributed by atoms with Crippen molar-refractivity contribution in [1.29, 1.82) is 0 Å². The molecule has 0 aliphatic heterocycles. The summed E-state index contributed by atoms with van der Waals surface area (Å²) in [5, 5.41) is 23.0. The van der Waals surface area contributed by atoms with E-state index < -0.39 is 42.3 Å². The van der Waals surface area contributed by atoms with Crippen LogP contribution in [-0.2, 0) is 28.6 Å². The molecule has 1 unspecified atom stereocenters. The monoisotopic (exact) mass is 756 g/mol. The van der Waals surface area contributed by atoms with Crippen LogP contribution in [0, 0.1) is 45.3 Å². The van der Waals surface area contributed by atoms with E-state index in [1.54, 1.807) is 20.8 Å². The van der Waals surface area contributed by atoms with E-state index in [0.717, 1.165) is 40.4 Å². The number of ether oxygens (including phenoxy) is 3. The zero-order valence-electron chi connectivity index (χ0n) is 29.6. The van der Waals surface area contributed by atoms with Crippen LogP contribution >= 0.6 is 22.6 Å². The van der Waals surface area contributed by atoms with Gasteiger partial charge in [-0.05, 0) is 158 Å². The zero-order chi connectivity index (χ0) is 34.6. The smallest absolute Gasteiger partial charge is 0.336 e. The van der Waals surface area contributed by atoms with E-state index >= 15 is 0 Å². The summed E-state index contributed by atoms with van der Waals surface area (Å²) in [6.45, 7) is 19.3. The molecular weight excluding hydrogens is 699 g/mol. The van der Waals surface area contributed by atoms with Crippen LogP contribution in [-0.4, -0.2) is 53.2 Å². The summed E-state index contributed by atoms with van der Waals surface area (Å²) in [5.41, 5.74) is 0.815. The highest BCUT2D eigenvalue weighted by atomic mass is 127. The van der Waals surface area contributed by atoms with Gasteiger partial charge in [-0.1, -0.05) is 33.3 Å². The van der Waals surface area contributed by atoms with Crippen molar-refractivity contribution in [1.82, 2.24) is 0 Å². The Bertz CT molecular complexity index is 1280. The van der Waals surface area contributed by atoms with Crippen LogP contribution in [0.2, 0.25) is 0 Å². The molecule has 4 fully saturated rings. The van der Waals surface area contributed by atoms with Gasteiger partial charge >= 0.3 is 17.9 Å². The van der Waals surface area contributed by atoms with Gasteiger partial charge in [0.25, 0.3) is 0 Å². The van der Waals surface area contributed by atoms with Gasteiger partial charge in [0, 0.05) is 12.5 Å². The topological polar surface area (TPSA) is 119 Å². The van der Waals surface area contributed by atoms with Crippen molar-refractivity contribution in [2.45, 2.75) is 139 Å². The van der Waals surface area contributed by atoms with Crippen molar-refractivity contribution in [2.24, 2.45) is 45.3 Å². The second-order valence-corrected chi connectivity index (χ2v) is 18.0. The lowest BCUT2D eigenvalue weighted by Gasteiger charge is -2.69. The first-order valence-corrected chi connectivity index (χ1v) is 18.2. The molecule has 4 saturated carbocycles. The summed E-state index contributed by atoms with van der Waals surface area (Å²) in [5.74, 6) is -1.18. The molecule has 260 valence electrons. The fraction of sp³-hybridized carbons (Fsp3) is 0.811. The summed E-state index contributed by atoms with van der Waals surface area (Å²) >= 11 is 2.31. The Morgan fingerprint density at radius 3 is 2.17 bits per heavy atom. The second kappa shape index (κ2) is 13.4. The largest absolute Gasteiger partial charge is 0.458 e. The first-order chi connectivity index (χ1) is 21.2. The van der Waals surface area contributed by atoms with E-state index in [4.69, 9.17) is 14.2 Å². The lowest BCUT2D eigenvalue weighted by Crippen LogP contribution is -2.65. The molecule has 0 amide bonds. The third-order valence-corrected chi connectivity index (χ3v) is 14.4. The van der Waals surface area contributed by atoms with Crippen LogP contribution in [0.15, 0.2) is 20.3 Å². The summed E-state index contributed by atoms with van der Waals surface area (Å²) in [4.78, 5) is 39.0. The van der Waals surface area contributed by atoms with Crippen LogP contribution in [0.5, 0.6) is 0 Å². The molecule has 0 radical (unpaired) electrons. The maximum atomic E-state index is 14.0. The number of hydrogen-bond acceptors (Lipinski definition) is 8. The van der Waals surface area contributed by atoms with Gasteiger partial charge in [-0.3, -0.25) is 9.59 Å². The summed E-state index contributed by atoms with van der Waals surface area (Å²) in [6, 6.07) is 0. The number of carbonyl (C=O) groups is 3. The number of aliphatic hydroxyl groups excluding tert-OH is 2. The number of esters is 3. The van der Waals surface area contributed by atoms with Gasteiger partial charge < -0.3 is 24.4 Å². The van der Waals surface area contributed by atoms with Gasteiger partial charge in [-0.2, -0.15) is 0 Å². The second-order valence-electron chi connectivity index (χ2n) is 16.7. The minimum absolute atomic E-state index is 0.00566. The zero-order valence-corrected chi connectivity index (χ0v) is 31.8. The Labute approximate surface area is 289 Å². The highest BCUT2D eigenvalue weighted by molar-refractivity contribution is 14.1. The van der Waals surface area contributed by atoms with Crippen molar-refractivity contribution >= 4 is 40.5 Å². The Kier molecular flexibility index (Phi) is 10.9. The van der Waals surface area contributed by atoms with Gasteiger partial charge in [0.15, 0.2) is 0 Å². The van der Waals surface area contributed by atoms with E-state index in [2.05, 4.69) is 50.3 Å². The quantitative estimate of drug-likeness (QED) is 0.119. The molecule has 0 aromatic carbocycles. The Morgan fingerprint density at radius 2 is 1.59 bits per heavy atom. The molecule has 0 aromatic heterocycles. The maximum Gasteiger partial charge on any atom is 0.336 e. The molecule has 4 aliphatic rings. The fourth-order valence-electron chi connectivity index (χ4n) is 10.2. The average molecular weight is 757 g/mol. The molecule has 4 rings (SSSR count). The summed E-state index contributed by atoms with van der Waals surface area (Å²) in [6.07, 6.45) is 3.87. The molecule has 0 aromatic rings. The average Bonchev–Trinajstić information content (AvgIpc) is 3.21. The highest BCUT2D eigenvalue weighted by Crippen LogP contribution is 2.74. The summed E-state index contributed by atoms with van der Waals surface area (Å²) < 4.78 is 18.1. The van der Waals surface area contributed by atoms with Crippen LogP contribution in [0.4, 0.5) is 0 Å². The minimum Gasteiger partial charge on any atom is -0.458 e. The van der Waals surface area contributed by atoms with E-state index in [1.807, 2.05) is 13.8 Å². The van der Waals surface area contributed by atoms with E-state index in [-0.39, 0.29) is 40.1 Å². The SMILES string of the molecule is CC(=O)O[C@H]1C[C@@]2(C)[C@H](C[C@@H](O)[C@@H]3[C@@]4(C)CC[C@@H](O)[C@@H](C)C4CC[C@@]32C)C1=C(CCC(I)=C(C)C)C(=O)OCOC(=O)C(C)(C)C. The minimum atomic E-state index is -0.741. The van der Waals surface area contributed by atoms with Gasteiger partial charge in [-0.15, -0.1) is 0 Å². The van der Waals surface area contributed by atoms with Crippen molar-refractivity contribution in [3.8, 4) is 0 Å². The fourth-order valence-corrected chi connectivity index (χ4v) is 10.5. The molecule has 10 atom stereocenters. The van der Waals surface area contributed by atoms with Crippen LogP contribution in [0.3, 0.4) is 0 Å². The Hall–Kier alpha value is -1.46. The van der Waals surface area contributed by atoms with Crippen molar-refractivity contribution < 1.29 is 38.8 Å². The van der Waals surface area contributed by atoms with Crippen molar-refractivity contribution in [3.63, 3.8) is 0 Å². The number of rotatable bonds is 7. The van der Waals surface area contributed by atoms with Gasteiger partial charge in [-0.25, -0.2) is 4.79 Å². The maximum absolute atomic E-state index is 14.0. The van der Waals surface area contributed by atoms with Crippen LogP contribution < -0.4 is 0 Å². The lowest BCUT2D eigenvalue weighted by molar-refractivity contribution is -0.234. The predicted molar refractivity (Wildman–Crippen MR) is 184 cm³/mol. The normalized spacial score (nSPS) is 39.7. The van der Waals surface area contributed by atoms with Crippen LogP contribution in [0.25, 0.3) is 0 Å². The molecule has 0 bridgehead atoms. The molecule has 4 aliphatic carbocycles. The van der Waals surface area contributed by atoms with Gasteiger partial charge in [0.05, 0.1) is 17.6 Å². The highest BCUT2D eigenvalue weighted by Gasteiger charge is 2.70. The molecule has 8 nitrogen and oxygen atoms in total. The van der Waals surface area contributed by atoms with Crippen molar-refractivity contribution in [3.05, 3.63) is 20.3 Å². The third-order valence-electron chi connectivity index (χ3n) is 12.7. The first-order valence-electron chi connectivity index (χ1n) is 17.1. The Balaban J connectivity index is 1.80. The predicted octanol–water partition coefficient (Wildman–Crippen LogP) is 7.43. The van der Waals surface area contributed by atoms with E-state index in [1.165, 1.54) is 6.92 Å². The molecular formula is C37H57IO8. The number of aliphatic hydroxyl groups is 2. The number of hydrogen-bond donors (Lipinski definition) is 2. The van der Waals surface area contributed by atoms with Gasteiger partial charge in [0.1, 0.15) is 6.10 Å². The molecule has 0 saturated heterocycles. The Morgan fingerprint density at radius 1 is 0.935 bits per heavy atom. The van der Waals surface area contributed by atoms with E-state index in [0.29, 0.717) is 37.2 Å². The number of carbonyl (C=O) groups excluding carboxylic acids is 3. The number of allylic oxidation sites excluding steroid dienone is 2. The molecule has 0 spiro atoms. The third kappa shape index (κ3) is 6.59.